The Hall–Kier alpha value is -2.87. The first-order chi connectivity index (χ1) is 17.6. The fourth-order valence-electron chi connectivity index (χ4n) is 5.33. The topological polar surface area (TPSA) is 79.2 Å². The first-order valence-corrected chi connectivity index (χ1v) is 13.5. The number of hydrogen-bond donors (Lipinski definition) is 2. The van der Waals surface area contributed by atoms with Crippen LogP contribution >= 0.6 is 11.3 Å². The lowest BCUT2D eigenvalue weighted by Gasteiger charge is -2.22. The van der Waals surface area contributed by atoms with Crippen LogP contribution in [0.15, 0.2) is 48.5 Å². The number of carboxylic acid groups (broad SMARTS) is 1. The van der Waals surface area contributed by atoms with Gasteiger partial charge in [0, 0.05) is 22.3 Å². The maximum absolute atomic E-state index is 11.4. The minimum Gasteiger partial charge on any atom is -0.493 e. The number of methoxy groups -OCH3 is 1. The van der Waals surface area contributed by atoms with Gasteiger partial charge in [-0.05, 0) is 98.2 Å². The van der Waals surface area contributed by atoms with Crippen LogP contribution in [0.5, 0.6) is 11.5 Å². The molecule has 1 aromatic heterocycles. The molecule has 6 nitrogen and oxygen atoms in total. The van der Waals surface area contributed by atoms with Crippen LogP contribution in [0.3, 0.4) is 0 Å². The lowest BCUT2D eigenvalue weighted by molar-refractivity contribution is 0.0697. The van der Waals surface area contributed by atoms with Gasteiger partial charge < -0.3 is 19.7 Å². The third-order valence-corrected chi connectivity index (χ3v) is 8.61. The number of aromatic carboxylic acids is 1. The van der Waals surface area contributed by atoms with Gasteiger partial charge in [-0.15, -0.1) is 11.3 Å². The summed E-state index contributed by atoms with van der Waals surface area (Å²) in [5, 5.41) is 19.2. The summed E-state index contributed by atoms with van der Waals surface area (Å²) in [5.41, 5.74) is 3.54. The SMILES string of the molecule is COc1ccc(-c2cc(CN3CCC[C@H]3CO)c(-c3ccc(C(=O)O)cc3)s2)cc1OC1CCCC1. The highest BCUT2D eigenvalue weighted by Crippen LogP contribution is 2.42. The number of thiophene rings is 1. The summed E-state index contributed by atoms with van der Waals surface area (Å²) >= 11 is 1.70. The summed E-state index contributed by atoms with van der Waals surface area (Å²) < 4.78 is 11.9. The normalized spacial score (nSPS) is 18.6. The molecule has 1 saturated heterocycles. The highest BCUT2D eigenvalue weighted by atomic mass is 32.1. The number of ether oxygens (including phenoxy) is 2. The van der Waals surface area contributed by atoms with E-state index in [0.717, 1.165) is 71.2 Å². The molecule has 0 amide bonds. The molecule has 2 aromatic carbocycles. The van der Waals surface area contributed by atoms with E-state index in [1.54, 1.807) is 30.6 Å². The molecule has 0 unspecified atom stereocenters. The summed E-state index contributed by atoms with van der Waals surface area (Å²) in [6.07, 6.45) is 6.90. The smallest absolute Gasteiger partial charge is 0.335 e. The zero-order chi connectivity index (χ0) is 25.1. The average molecular weight is 508 g/mol. The Morgan fingerprint density at radius 2 is 1.75 bits per heavy atom. The second-order valence-corrected chi connectivity index (χ2v) is 10.7. The van der Waals surface area contributed by atoms with Crippen LogP contribution in [0.2, 0.25) is 0 Å². The zero-order valence-corrected chi connectivity index (χ0v) is 21.4. The number of nitrogens with zero attached hydrogens (tertiary/aromatic N) is 1. The number of rotatable bonds is 9. The van der Waals surface area contributed by atoms with Gasteiger partial charge in [-0.25, -0.2) is 4.79 Å². The molecule has 190 valence electrons. The first kappa shape index (κ1) is 24.8. The van der Waals surface area contributed by atoms with Crippen molar-refractivity contribution in [3.63, 3.8) is 0 Å². The van der Waals surface area contributed by atoms with E-state index in [9.17, 15) is 15.0 Å². The maximum atomic E-state index is 11.4. The number of benzene rings is 2. The van der Waals surface area contributed by atoms with Crippen molar-refractivity contribution in [1.29, 1.82) is 0 Å². The number of carboxylic acids is 1. The second-order valence-electron chi connectivity index (χ2n) is 9.69. The van der Waals surface area contributed by atoms with Gasteiger partial charge in [-0.1, -0.05) is 12.1 Å². The summed E-state index contributed by atoms with van der Waals surface area (Å²) in [4.78, 5) is 16.0. The fourth-order valence-corrected chi connectivity index (χ4v) is 6.51. The highest BCUT2D eigenvalue weighted by Gasteiger charge is 2.26. The van der Waals surface area contributed by atoms with E-state index in [0.29, 0.717) is 0 Å². The third-order valence-electron chi connectivity index (χ3n) is 7.33. The predicted molar refractivity (Wildman–Crippen MR) is 142 cm³/mol. The zero-order valence-electron chi connectivity index (χ0n) is 20.6. The minimum atomic E-state index is -0.926. The van der Waals surface area contributed by atoms with Crippen LogP contribution < -0.4 is 9.47 Å². The van der Waals surface area contributed by atoms with Crippen molar-refractivity contribution in [2.24, 2.45) is 0 Å². The van der Waals surface area contributed by atoms with E-state index in [1.165, 1.54) is 18.4 Å². The van der Waals surface area contributed by atoms with Gasteiger partial charge in [-0.2, -0.15) is 0 Å². The van der Waals surface area contributed by atoms with Crippen LogP contribution in [0.4, 0.5) is 0 Å². The molecule has 5 rings (SSSR count). The maximum Gasteiger partial charge on any atom is 0.335 e. The Labute approximate surface area is 216 Å². The van der Waals surface area contributed by atoms with Crippen molar-refractivity contribution in [3.05, 3.63) is 59.7 Å². The molecule has 2 N–H and O–H groups in total. The van der Waals surface area contributed by atoms with Crippen molar-refractivity contribution < 1.29 is 24.5 Å². The molecule has 1 saturated carbocycles. The highest BCUT2D eigenvalue weighted by molar-refractivity contribution is 7.19. The molecule has 1 atom stereocenters. The molecule has 1 aliphatic heterocycles. The second kappa shape index (κ2) is 11.0. The summed E-state index contributed by atoms with van der Waals surface area (Å²) in [6, 6.07) is 15.6. The lowest BCUT2D eigenvalue weighted by Crippen LogP contribution is -2.31. The Kier molecular flexibility index (Phi) is 7.60. The average Bonchev–Trinajstić information content (AvgIpc) is 3.66. The number of likely N-dealkylation sites (tertiary alicyclic amines) is 1. The Morgan fingerprint density at radius 3 is 2.44 bits per heavy atom. The van der Waals surface area contributed by atoms with Crippen molar-refractivity contribution in [1.82, 2.24) is 4.90 Å². The van der Waals surface area contributed by atoms with E-state index >= 15 is 0 Å². The summed E-state index contributed by atoms with van der Waals surface area (Å²) in [5.74, 6) is 0.600. The molecule has 7 heteroatoms. The van der Waals surface area contributed by atoms with Crippen LogP contribution in [-0.4, -0.2) is 53.5 Å². The van der Waals surface area contributed by atoms with E-state index in [1.807, 2.05) is 18.2 Å². The largest absolute Gasteiger partial charge is 0.493 e. The molecule has 2 aliphatic rings. The predicted octanol–water partition coefficient (Wildman–Crippen LogP) is 6.07. The van der Waals surface area contributed by atoms with Gasteiger partial charge in [0.15, 0.2) is 11.5 Å². The fraction of sp³-hybridized carbons (Fsp3) is 0.414. The van der Waals surface area contributed by atoms with Gasteiger partial charge in [0.2, 0.25) is 0 Å². The number of carbonyl (C=O) groups is 1. The minimum absolute atomic E-state index is 0.167. The van der Waals surface area contributed by atoms with Crippen LogP contribution in [0.25, 0.3) is 20.9 Å². The quantitative estimate of drug-likeness (QED) is 0.366. The molecule has 2 heterocycles. The molecular formula is C29H33NO5S. The lowest BCUT2D eigenvalue weighted by atomic mass is 10.1. The summed E-state index contributed by atoms with van der Waals surface area (Å²) in [7, 11) is 1.67. The monoisotopic (exact) mass is 507 g/mol. The van der Waals surface area contributed by atoms with Gasteiger partial charge >= 0.3 is 5.97 Å². The standard InChI is InChI=1S/C29H33NO5S/c1-34-25-13-12-21(15-26(25)35-24-6-2-3-7-24)27-16-22(17-30-14-4-5-23(30)18-31)28(36-27)19-8-10-20(11-9-19)29(32)33/h8-13,15-16,23-24,31H,2-7,14,17-18H2,1H3,(H,32,33)/t23-/m0/s1. The first-order valence-electron chi connectivity index (χ1n) is 12.7. The van der Waals surface area contributed by atoms with Crippen molar-refractivity contribution in [2.75, 3.05) is 20.3 Å². The van der Waals surface area contributed by atoms with Crippen molar-refractivity contribution in [2.45, 2.75) is 57.2 Å². The Bertz CT molecular complexity index is 1200. The summed E-state index contributed by atoms with van der Waals surface area (Å²) in [6.45, 7) is 1.88. The van der Waals surface area contributed by atoms with Gasteiger partial charge in [0.1, 0.15) is 0 Å². The van der Waals surface area contributed by atoms with E-state index in [-0.39, 0.29) is 24.3 Å². The van der Waals surface area contributed by atoms with Gasteiger partial charge in [0.05, 0.1) is 25.4 Å². The third kappa shape index (κ3) is 5.28. The Morgan fingerprint density at radius 1 is 1.00 bits per heavy atom. The van der Waals surface area contributed by atoms with Crippen molar-refractivity contribution in [3.8, 4) is 32.4 Å². The molecule has 2 fully saturated rings. The molecule has 0 spiro atoms. The number of hydrogen-bond acceptors (Lipinski definition) is 6. The molecule has 0 bridgehead atoms. The Balaban J connectivity index is 1.51. The molecular weight excluding hydrogens is 474 g/mol. The number of aliphatic hydroxyl groups excluding tert-OH is 1. The number of aliphatic hydroxyl groups is 1. The van der Waals surface area contributed by atoms with E-state index < -0.39 is 5.97 Å². The van der Waals surface area contributed by atoms with E-state index in [2.05, 4.69) is 23.1 Å². The van der Waals surface area contributed by atoms with Gasteiger partial charge in [0.25, 0.3) is 0 Å². The van der Waals surface area contributed by atoms with Crippen LogP contribution in [0.1, 0.15) is 54.4 Å². The molecule has 36 heavy (non-hydrogen) atoms. The van der Waals surface area contributed by atoms with E-state index in [4.69, 9.17) is 9.47 Å². The van der Waals surface area contributed by atoms with Crippen LogP contribution in [0, 0.1) is 0 Å². The molecule has 1 aliphatic carbocycles. The molecule has 3 aromatic rings. The molecule has 0 radical (unpaired) electrons. The van der Waals surface area contributed by atoms with Crippen molar-refractivity contribution >= 4 is 17.3 Å². The van der Waals surface area contributed by atoms with Gasteiger partial charge in [-0.3, -0.25) is 4.90 Å². The van der Waals surface area contributed by atoms with Crippen LogP contribution in [-0.2, 0) is 6.54 Å².